The third kappa shape index (κ3) is 4.38. The number of ether oxygens (including phenoxy) is 1. The van der Waals surface area contributed by atoms with Crippen LogP contribution in [0.3, 0.4) is 0 Å². The van der Waals surface area contributed by atoms with Gasteiger partial charge in [0.1, 0.15) is 23.1 Å². The summed E-state index contributed by atoms with van der Waals surface area (Å²) in [6.07, 6.45) is 0. The number of nitrogens with one attached hydrogen (secondary N) is 2. The number of anilines is 2. The molecule has 2 aromatic rings. The first kappa shape index (κ1) is 17.1. The quantitative estimate of drug-likeness (QED) is 0.624. The highest BCUT2D eigenvalue weighted by atomic mass is 19.1. The van der Waals surface area contributed by atoms with Crippen molar-refractivity contribution in [2.24, 2.45) is 0 Å². The van der Waals surface area contributed by atoms with Gasteiger partial charge in [-0.2, -0.15) is 0 Å². The van der Waals surface area contributed by atoms with Crippen LogP contribution in [0.25, 0.3) is 0 Å². The molecular formula is C15H13F2N3O4. The Kier molecular flexibility index (Phi) is 5.25. The smallest absolute Gasteiger partial charge is 0.296 e. The Hall–Kier alpha value is -3.23. The molecule has 7 nitrogen and oxygen atoms in total. The zero-order chi connectivity index (χ0) is 17.7. The summed E-state index contributed by atoms with van der Waals surface area (Å²) in [6, 6.07) is 6.70. The Morgan fingerprint density at radius 1 is 1.21 bits per heavy atom. The molecule has 0 fully saturated rings. The predicted octanol–water partition coefficient (Wildman–Crippen LogP) is 2.93. The number of rotatable bonds is 6. The first-order valence-corrected chi connectivity index (χ1v) is 6.71. The lowest BCUT2D eigenvalue weighted by molar-refractivity contribution is -0.384. The third-order valence-corrected chi connectivity index (χ3v) is 2.99. The van der Waals surface area contributed by atoms with E-state index in [0.29, 0.717) is 6.07 Å². The van der Waals surface area contributed by atoms with E-state index in [-0.39, 0.29) is 29.4 Å². The van der Waals surface area contributed by atoms with Gasteiger partial charge in [-0.05, 0) is 24.3 Å². The van der Waals surface area contributed by atoms with E-state index in [4.69, 9.17) is 4.74 Å². The van der Waals surface area contributed by atoms with E-state index in [1.807, 2.05) is 0 Å². The number of halogens is 2. The van der Waals surface area contributed by atoms with Gasteiger partial charge in [0.25, 0.3) is 5.69 Å². The number of benzene rings is 2. The van der Waals surface area contributed by atoms with Crippen LogP contribution in [0, 0.1) is 21.7 Å². The van der Waals surface area contributed by atoms with Gasteiger partial charge in [0.15, 0.2) is 0 Å². The summed E-state index contributed by atoms with van der Waals surface area (Å²) in [6.45, 7) is -0.327. The monoisotopic (exact) mass is 337 g/mol. The van der Waals surface area contributed by atoms with E-state index in [1.165, 1.54) is 25.3 Å². The zero-order valence-corrected chi connectivity index (χ0v) is 12.5. The summed E-state index contributed by atoms with van der Waals surface area (Å²) in [5, 5.41) is 15.9. The summed E-state index contributed by atoms with van der Waals surface area (Å²) in [5.41, 5.74) is -0.274. The Morgan fingerprint density at radius 3 is 2.46 bits per heavy atom. The number of carbonyl (C=O) groups excluding carboxylic acids is 1. The number of nitro groups is 1. The Morgan fingerprint density at radius 2 is 1.88 bits per heavy atom. The molecule has 2 aromatic carbocycles. The number of amides is 1. The highest BCUT2D eigenvalue weighted by Gasteiger charge is 2.17. The lowest BCUT2D eigenvalue weighted by Crippen LogP contribution is -2.22. The molecule has 2 N–H and O–H groups in total. The van der Waals surface area contributed by atoms with Gasteiger partial charge in [-0.15, -0.1) is 0 Å². The van der Waals surface area contributed by atoms with Crippen molar-refractivity contribution >= 4 is 23.0 Å². The van der Waals surface area contributed by atoms with E-state index >= 15 is 0 Å². The summed E-state index contributed by atoms with van der Waals surface area (Å²) in [5.74, 6) is -1.92. The van der Waals surface area contributed by atoms with Gasteiger partial charge in [0.05, 0.1) is 24.6 Å². The lowest BCUT2D eigenvalue weighted by atomic mass is 10.2. The molecule has 0 radical (unpaired) electrons. The van der Waals surface area contributed by atoms with E-state index in [0.717, 1.165) is 12.1 Å². The average molecular weight is 337 g/mol. The first-order valence-electron chi connectivity index (χ1n) is 6.71. The fourth-order valence-corrected chi connectivity index (χ4v) is 1.93. The van der Waals surface area contributed by atoms with Crippen LogP contribution in [-0.2, 0) is 4.79 Å². The summed E-state index contributed by atoms with van der Waals surface area (Å²) in [7, 11) is 1.36. The predicted molar refractivity (Wildman–Crippen MR) is 83.1 cm³/mol. The molecule has 1 amide bonds. The van der Waals surface area contributed by atoms with Gasteiger partial charge in [0.2, 0.25) is 5.91 Å². The zero-order valence-electron chi connectivity index (χ0n) is 12.5. The van der Waals surface area contributed by atoms with E-state index < -0.39 is 22.5 Å². The minimum Gasteiger partial charge on any atom is -0.496 e. The molecule has 24 heavy (non-hydrogen) atoms. The molecule has 2 rings (SSSR count). The molecule has 9 heteroatoms. The standard InChI is InChI=1S/C15H13F2N3O4/c1-24-12-2-3-13(14(7-12)20(22)23)19-15(21)8-18-11-5-9(16)4-10(17)6-11/h2-7,18H,8H2,1H3,(H,19,21). The molecule has 0 heterocycles. The molecular weight excluding hydrogens is 324 g/mol. The van der Waals surface area contributed by atoms with Gasteiger partial charge in [0, 0.05) is 11.8 Å². The van der Waals surface area contributed by atoms with E-state index in [9.17, 15) is 23.7 Å². The second-order valence-electron chi connectivity index (χ2n) is 4.70. The summed E-state index contributed by atoms with van der Waals surface area (Å²) < 4.78 is 31.0. The molecule has 0 aliphatic rings. The van der Waals surface area contributed by atoms with Crippen LogP contribution in [0.2, 0.25) is 0 Å². The van der Waals surface area contributed by atoms with Crippen LogP contribution in [0.4, 0.5) is 25.8 Å². The molecule has 0 aromatic heterocycles. The average Bonchev–Trinajstić information content (AvgIpc) is 2.52. The van der Waals surface area contributed by atoms with Crippen LogP contribution in [0.1, 0.15) is 0 Å². The van der Waals surface area contributed by atoms with Crippen LogP contribution < -0.4 is 15.4 Å². The van der Waals surface area contributed by atoms with Crippen molar-refractivity contribution in [3.63, 3.8) is 0 Å². The highest BCUT2D eigenvalue weighted by molar-refractivity contribution is 5.95. The SMILES string of the molecule is COc1ccc(NC(=O)CNc2cc(F)cc(F)c2)c([N+](=O)[O-])c1. The molecule has 0 unspecified atom stereocenters. The van der Waals surface area contributed by atoms with Crippen LogP contribution in [0.15, 0.2) is 36.4 Å². The largest absolute Gasteiger partial charge is 0.496 e. The Balaban J connectivity index is 2.05. The highest BCUT2D eigenvalue weighted by Crippen LogP contribution is 2.28. The van der Waals surface area contributed by atoms with Gasteiger partial charge >= 0.3 is 0 Å². The van der Waals surface area contributed by atoms with Crippen molar-refractivity contribution in [3.8, 4) is 5.75 Å². The van der Waals surface area contributed by atoms with Crippen LogP contribution in [0.5, 0.6) is 5.75 Å². The maximum absolute atomic E-state index is 13.0. The number of nitro benzene ring substituents is 1. The molecule has 0 aliphatic heterocycles. The molecule has 126 valence electrons. The Bertz CT molecular complexity index is 763. The van der Waals surface area contributed by atoms with Gasteiger partial charge in [-0.3, -0.25) is 14.9 Å². The minimum absolute atomic E-state index is 0.0157. The second-order valence-corrected chi connectivity index (χ2v) is 4.70. The maximum atomic E-state index is 13.0. The fraction of sp³-hybridized carbons (Fsp3) is 0.133. The molecule has 0 atom stereocenters. The van der Waals surface area contributed by atoms with Crippen molar-refractivity contribution in [2.45, 2.75) is 0 Å². The van der Waals surface area contributed by atoms with Crippen LogP contribution in [-0.4, -0.2) is 24.5 Å². The van der Waals surface area contributed by atoms with Crippen molar-refractivity contribution in [2.75, 3.05) is 24.3 Å². The maximum Gasteiger partial charge on any atom is 0.296 e. The fourth-order valence-electron chi connectivity index (χ4n) is 1.93. The van der Waals surface area contributed by atoms with Gasteiger partial charge in [-0.1, -0.05) is 0 Å². The second kappa shape index (κ2) is 7.36. The van der Waals surface area contributed by atoms with E-state index in [1.54, 1.807) is 0 Å². The number of carbonyl (C=O) groups is 1. The topological polar surface area (TPSA) is 93.5 Å². The van der Waals surface area contributed by atoms with Crippen molar-refractivity contribution in [1.82, 2.24) is 0 Å². The lowest BCUT2D eigenvalue weighted by Gasteiger charge is -2.09. The number of hydrogen-bond donors (Lipinski definition) is 2. The number of methoxy groups -OCH3 is 1. The van der Waals surface area contributed by atoms with Gasteiger partial charge < -0.3 is 15.4 Å². The molecule has 0 saturated carbocycles. The van der Waals surface area contributed by atoms with Crippen molar-refractivity contribution < 1.29 is 23.2 Å². The molecule has 0 bridgehead atoms. The van der Waals surface area contributed by atoms with Gasteiger partial charge in [-0.25, -0.2) is 8.78 Å². The Labute approximate surface area is 135 Å². The first-order chi connectivity index (χ1) is 11.4. The molecule has 0 spiro atoms. The summed E-state index contributed by atoms with van der Waals surface area (Å²) >= 11 is 0. The molecule has 0 saturated heterocycles. The number of nitrogens with zero attached hydrogens (tertiary/aromatic N) is 1. The van der Waals surface area contributed by atoms with Crippen molar-refractivity contribution in [3.05, 3.63) is 58.1 Å². The third-order valence-electron chi connectivity index (χ3n) is 2.99. The van der Waals surface area contributed by atoms with E-state index in [2.05, 4.69) is 10.6 Å². The molecule has 0 aliphatic carbocycles. The van der Waals surface area contributed by atoms with Crippen molar-refractivity contribution in [1.29, 1.82) is 0 Å². The minimum atomic E-state index is -0.788. The summed E-state index contributed by atoms with van der Waals surface area (Å²) in [4.78, 5) is 22.2. The number of hydrogen-bond acceptors (Lipinski definition) is 5. The normalized spacial score (nSPS) is 10.1. The van der Waals surface area contributed by atoms with Crippen LogP contribution >= 0.6 is 0 Å².